The number of nitrogens with zero attached hydrogens (tertiary/aromatic N) is 1. The van der Waals surface area contributed by atoms with Gasteiger partial charge in [0.15, 0.2) is 14.6 Å². The van der Waals surface area contributed by atoms with E-state index in [9.17, 15) is 4.79 Å². The van der Waals surface area contributed by atoms with Crippen molar-refractivity contribution < 1.29 is 13.6 Å². The number of carbonyl (C=O) groups excluding carboxylic acids is 1. The van der Waals surface area contributed by atoms with Crippen LogP contribution >= 0.6 is 0 Å². The number of halogens is 1. The first-order chi connectivity index (χ1) is 16.3. The van der Waals surface area contributed by atoms with Crippen LogP contribution in [0.25, 0.3) is 11.1 Å². The molecule has 0 atom stereocenters. The van der Waals surface area contributed by atoms with Crippen LogP contribution in [0, 0.1) is 5.82 Å². The summed E-state index contributed by atoms with van der Waals surface area (Å²) in [7, 11) is -2.06. The van der Waals surface area contributed by atoms with Crippen LogP contribution in [-0.4, -0.2) is 19.6 Å². The number of pyridine rings is 1. The van der Waals surface area contributed by atoms with Crippen LogP contribution in [0.15, 0.2) is 18.2 Å². The van der Waals surface area contributed by atoms with Gasteiger partial charge in [0.2, 0.25) is 0 Å². The quantitative estimate of drug-likeness (QED) is 0.176. The van der Waals surface area contributed by atoms with Crippen LogP contribution in [-0.2, 0) is 17.5 Å². The molecule has 2 aromatic rings. The third-order valence-electron chi connectivity index (χ3n) is 7.40. The highest BCUT2D eigenvalue weighted by Gasteiger charge is 2.38. The molecule has 0 saturated carbocycles. The topological polar surface area (TPSA) is 39.2 Å². The SMILES string of the molecule is CCCCCc1c(C(C)C)nc(C(C)C)c(CO[Si](C)(C)C(C)(C)C)c1-c1cccc(C=O)c1F. The van der Waals surface area contributed by atoms with Crippen molar-refractivity contribution in [1.29, 1.82) is 0 Å². The fourth-order valence-corrected chi connectivity index (χ4v) is 5.18. The highest BCUT2D eigenvalue weighted by molar-refractivity contribution is 6.74. The average molecular weight is 500 g/mol. The minimum absolute atomic E-state index is 0.0586. The van der Waals surface area contributed by atoms with E-state index in [1.807, 2.05) is 6.07 Å². The molecule has 35 heavy (non-hydrogen) atoms. The van der Waals surface area contributed by atoms with E-state index >= 15 is 4.39 Å². The number of carbonyl (C=O) groups is 1. The van der Waals surface area contributed by atoms with Gasteiger partial charge in [-0.2, -0.15) is 0 Å². The zero-order valence-corrected chi connectivity index (χ0v) is 24.6. The molecule has 0 amide bonds. The monoisotopic (exact) mass is 499 g/mol. The zero-order chi connectivity index (χ0) is 26.6. The Kier molecular flexibility index (Phi) is 10.0. The highest BCUT2D eigenvalue weighted by atomic mass is 28.4. The first-order valence-corrected chi connectivity index (χ1v) is 16.1. The van der Waals surface area contributed by atoms with Gasteiger partial charge in [0.1, 0.15) is 5.82 Å². The van der Waals surface area contributed by atoms with E-state index in [4.69, 9.17) is 9.41 Å². The van der Waals surface area contributed by atoms with Gasteiger partial charge in [-0.3, -0.25) is 9.78 Å². The summed E-state index contributed by atoms with van der Waals surface area (Å²) in [5.74, 6) is -0.0924. The van der Waals surface area contributed by atoms with Gasteiger partial charge in [-0.05, 0) is 60.0 Å². The lowest BCUT2D eigenvalue weighted by molar-refractivity contribution is 0.112. The molecule has 1 heterocycles. The maximum absolute atomic E-state index is 15.8. The third-order valence-corrected chi connectivity index (χ3v) is 11.9. The summed E-state index contributed by atoms with van der Waals surface area (Å²) in [5, 5.41) is 0.0586. The first kappa shape index (κ1) is 29.4. The average Bonchev–Trinajstić information content (AvgIpc) is 2.76. The van der Waals surface area contributed by atoms with E-state index in [1.54, 1.807) is 12.1 Å². The Morgan fingerprint density at radius 3 is 2.14 bits per heavy atom. The number of benzene rings is 1. The Bertz CT molecular complexity index is 1020. The standard InChI is InChI=1S/C30H46FNO2Si/c1-11-12-13-16-24-26(23-17-14-15-22(18-33)27(23)31)25(19-34-35(9,10)30(6,7)8)29(21(4)5)32-28(24)20(2)3/h14-15,17-18,20-21H,11-13,16,19H2,1-10H3. The molecule has 0 bridgehead atoms. The van der Waals surface area contributed by atoms with Crippen molar-refractivity contribution in [2.24, 2.45) is 0 Å². The molecule has 0 fully saturated rings. The Balaban J connectivity index is 2.92. The maximum atomic E-state index is 15.8. The molecule has 0 spiro atoms. The van der Waals surface area contributed by atoms with Crippen molar-refractivity contribution in [3.05, 3.63) is 52.1 Å². The van der Waals surface area contributed by atoms with Crippen LogP contribution in [0.3, 0.4) is 0 Å². The number of unbranched alkanes of at least 4 members (excludes halogenated alkanes) is 2. The van der Waals surface area contributed by atoms with Gasteiger partial charge in [-0.15, -0.1) is 0 Å². The van der Waals surface area contributed by atoms with E-state index in [1.165, 1.54) is 0 Å². The van der Waals surface area contributed by atoms with E-state index in [-0.39, 0.29) is 22.4 Å². The summed E-state index contributed by atoms with van der Waals surface area (Å²) in [6.07, 6.45) is 4.68. The molecular formula is C30H46FNO2Si. The number of aromatic nitrogens is 1. The maximum Gasteiger partial charge on any atom is 0.192 e. The third kappa shape index (κ3) is 6.68. The van der Waals surface area contributed by atoms with E-state index in [0.29, 0.717) is 18.5 Å². The van der Waals surface area contributed by atoms with Gasteiger partial charge in [0.05, 0.1) is 12.2 Å². The molecule has 0 aliphatic rings. The Morgan fingerprint density at radius 1 is 1.03 bits per heavy atom. The molecule has 194 valence electrons. The van der Waals surface area contributed by atoms with Crippen LogP contribution in [0.1, 0.15) is 119 Å². The molecule has 0 N–H and O–H groups in total. The number of hydrogen-bond donors (Lipinski definition) is 0. The van der Waals surface area contributed by atoms with Crippen LogP contribution < -0.4 is 0 Å². The predicted octanol–water partition coefficient (Wildman–Crippen LogP) is 9.20. The number of aldehydes is 1. The van der Waals surface area contributed by atoms with Crippen molar-refractivity contribution in [2.45, 2.75) is 118 Å². The molecule has 0 aliphatic heterocycles. The van der Waals surface area contributed by atoms with E-state index in [0.717, 1.165) is 53.8 Å². The Morgan fingerprint density at radius 2 is 1.63 bits per heavy atom. The minimum Gasteiger partial charge on any atom is -0.412 e. The van der Waals surface area contributed by atoms with Gasteiger partial charge in [-0.25, -0.2) is 4.39 Å². The molecular weight excluding hydrogens is 453 g/mol. The van der Waals surface area contributed by atoms with Crippen molar-refractivity contribution in [2.75, 3.05) is 0 Å². The summed E-state index contributed by atoms with van der Waals surface area (Å²) in [4.78, 5) is 16.9. The molecule has 2 rings (SSSR count). The minimum atomic E-state index is -2.06. The van der Waals surface area contributed by atoms with Crippen molar-refractivity contribution >= 4 is 14.6 Å². The molecule has 0 unspecified atom stereocenters. The lowest BCUT2D eigenvalue weighted by Crippen LogP contribution is -2.40. The number of hydrogen-bond acceptors (Lipinski definition) is 3. The van der Waals surface area contributed by atoms with Crippen molar-refractivity contribution in [1.82, 2.24) is 4.98 Å². The Hall–Kier alpha value is -1.85. The fraction of sp³-hybridized carbons (Fsp3) is 0.600. The molecule has 0 radical (unpaired) electrons. The molecule has 1 aromatic carbocycles. The van der Waals surface area contributed by atoms with Gasteiger partial charge in [0, 0.05) is 22.5 Å². The molecule has 0 aliphatic carbocycles. The lowest BCUT2D eigenvalue weighted by Gasteiger charge is -2.37. The van der Waals surface area contributed by atoms with Crippen molar-refractivity contribution in [3.8, 4) is 11.1 Å². The van der Waals surface area contributed by atoms with Gasteiger partial charge in [-0.1, -0.05) is 80.4 Å². The second-order valence-corrected chi connectivity index (χ2v) is 16.7. The summed E-state index contributed by atoms with van der Waals surface area (Å²) in [5.41, 5.74) is 5.55. The molecule has 5 heteroatoms. The molecule has 0 saturated heterocycles. The smallest absolute Gasteiger partial charge is 0.192 e. The molecule has 3 nitrogen and oxygen atoms in total. The summed E-state index contributed by atoms with van der Waals surface area (Å²) in [6.45, 7) is 22.4. The molecule has 1 aromatic heterocycles. The zero-order valence-electron chi connectivity index (χ0n) is 23.6. The van der Waals surface area contributed by atoms with Crippen LogP contribution in [0.5, 0.6) is 0 Å². The second-order valence-electron chi connectivity index (χ2n) is 11.9. The largest absolute Gasteiger partial charge is 0.412 e. The number of rotatable bonds is 11. The lowest BCUT2D eigenvalue weighted by atomic mass is 9.85. The second kappa shape index (κ2) is 11.9. The van der Waals surface area contributed by atoms with Gasteiger partial charge < -0.3 is 4.43 Å². The van der Waals surface area contributed by atoms with Crippen LogP contribution in [0.2, 0.25) is 18.1 Å². The van der Waals surface area contributed by atoms with E-state index in [2.05, 4.69) is 68.5 Å². The van der Waals surface area contributed by atoms with Gasteiger partial charge in [0.25, 0.3) is 0 Å². The summed E-state index contributed by atoms with van der Waals surface area (Å²) >= 11 is 0. The summed E-state index contributed by atoms with van der Waals surface area (Å²) in [6, 6.07) is 5.13. The highest BCUT2D eigenvalue weighted by Crippen LogP contribution is 2.42. The van der Waals surface area contributed by atoms with E-state index < -0.39 is 14.1 Å². The summed E-state index contributed by atoms with van der Waals surface area (Å²) < 4.78 is 22.5. The first-order valence-electron chi connectivity index (χ1n) is 13.2. The normalized spacial score (nSPS) is 12.6. The predicted molar refractivity (Wildman–Crippen MR) is 148 cm³/mol. The Labute approximate surface area is 214 Å². The van der Waals surface area contributed by atoms with Crippen LogP contribution in [0.4, 0.5) is 4.39 Å². The fourth-order valence-electron chi connectivity index (χ4n) is 4.24. The van der Waals surface area contributed by atoms with Crippen molar-refractivity contribution in [3.63, 3.8) is 0 Å². The van der Waals surface area contributed by atoms with Gasteiger partial charge >= 0.3 is 0 Å².